The molecular formula is C23H21N3O. The van der Waals surface area contributed by atoms with Gasteiger partial charge in [0.15, 0.2) is 6.17 Å². The molecule has 0 radical (unpaired) electrons. The van der Waals surface area contributed by atoms with Crippen molar-refractivity contribution in [3.63, 3.8) is 0 Å². The highest BCUT2D eigenvalue weighted by Crippen LogP contribution is 2.33. The molecule has 3 aromatic carbocycles. The number of benzene rings is 3. The predicted molar refractivity (Wildman–Crippen MR) is 109 cm³/mol. The highest BCUT2D eigenvalue weighted by atomic mass is 16.2. The monoisotopic (exact) mass is 355 g/mol. The van der Waals surface area contributed by atoms with Crippen LogP contribution in [0.4, 0.5) is 5.69 Å². The molecular weight excluding hydrogens is 334 g/mol. The van der Waals surface area contributed by atoms with Gasteiger partial charge < -0.3 is 5.32 Å². The summed E-state index contributed by atoms with van der Waals surface area (Å²) in [5.41, 5.74) is 5.77. The quantitative estimate of drug-likeness (QED) is 0.679. The normalized spacial score (nSPS) is 16.3. The van der Waals surface area contributed by atoms with Crippen LogP contribution >= 0.6 is 0 Å². The number of aryl methyl sites for hydroxylation is 2. The van der Waals surface area contributed by atoms with Gasteiger partial charge in [0, 0.05) is 5.69 Å². The molecule has 0 spiro atoms. The number of hydrazone groups is 1. The van der Waals surface area contributed by atoms with Crippen molar-refractivity contribution in [3.05, 3.63) is 101 Å². The third-order valence-corrected chi connectivity index (χ3v) is 4.70. The summed E-state index contributed by atoms with van der Waals surface area (Å²) in [4.78, 5) is 13.1. The SMILES string of the molecule is Cc1ccc(/C=N\N2C(=O)c3ccccc3N[C@@H]2c2ccc(C)cc2)cc1. The fourth-order valence-corrected chi connectivity index (χ4v) is 3.12. The molecule has 3 aromatic rings. The Labute approximate surface area is 159 Å². The van der Waals surface area contributed by atoms with Crippen LogP contribution in [0.5, 0.6) is 0 Å². The molecule has 134 valence electrons. The molecule has 4 rings (SSSR count). The molecule has 4 nitrogen and oxygen atoms in total. The second-order valence-corrected chi connectivity index (χ2v) is 6.81. The lowest BCUT2D eigenvalue weighted by Crippen LogP contribution is -2.39. The predicted octanol–water partition coefficient (Wildman–Crippen LogP) is 4.90. The zero-order valence-corrected chi connectivity index (χ0v) is 15.4. The van der Waals surface area contributed by atoms with Crippen LogP contribution in [0.2, 0.25) is 0 Å². The van der Waals surface area contributed by atoms with Crippen molar-refractivity contribution < 1.29 is 4.79 Å². The summed E-state index contributed by atoms with van der Waals surface area (Å²) in [6.07, 6.45) is 1.38. The molecule has 0 bridgehead atoms. The van der Waals surface area contributed by atoms with Gasteiger partial charge in [-0.15, -0.1) is 0 Å². The average molecular weight is 355 g/mol. The van der Waals surface area contributed by atoms with E-state index < -0.39 is 0 Å². The molecule has 1 heterocycles. The first-order chi connectivity index (χ1) is 13.1. The van der Waals surface area contributed by atoms with Gasteiger partial charge in [0.1, 0.15) is 0 Å². The van der Waals surface area contributed by atoms with Crippen LogP contribution < -0.4 is 5.32 Å². The summed E-state index contributed by atoms with van der Waals surface area (Å²) >= 11 is 0. The molecule has 0 saturated carbocycles. The fraction of sp³-hybridized carbons (Fsp3) is 0.130. The van der Waals surface area contributed by atoms with Crippen LogP contribution in [-0.4, -0.2) is 17.1 Å². The van der Waals surface area contributed by atoms with Crippen LogP contribution in [-0.2, 0) is 0 Å². The standard InChI is InChI=1S/C23H21N3O/c1-16-7-11-18(12-8-16)15-24-26-22(19-13-9-17(2)10-14-19)25-21-6-4-3-5-20(21)23(26)27/h3-15,22,25H,1-2H3/b24-15-/t22-/m0/s1. The number of amides is 1. The summed E-state index contributed by atoms with van der Waals surface area (Å²) < 4.78 is 0. The molecule has 1 amide bonds. The zero-order chi connectivity index (χ0) is 18.8. The molecule has 0 aliphatic carbocycles. The number of para-hydroxylation sites is 1. The van der Waals surface area contributed by atoms with E-state index in [2.05, 4.69) is 10.4 Å². The van der Waals surface area contributed by atoms with Crippen molar-refractivity contribution in [1.29, 1.82) is 0 Å². The van der Waals surface area contributed by atoms with E-state index in [-0.39, 0.29) is 12.1 Å². The van der Waals surface area contributed by atoms with Crippen molar-refractivity contribution in [2.75, 3.05) is 5.32 Å². The van der Waals surface area contributed by atoms with Gasteiger partial charge in [-0.2, -0.15) is 5.10 Å². The smallest absolute Gasteiger partial charge is 0.278 e. The van der Waals surface area contributed by atoms with Crippen molar-refractivity contribution in [1.82, 2.24) is 5.01 Å². The van der Waals surface area contributed by atoms with E-state index in [9.17, 15) is 4.79 Å². The molecule has 1 N–H and O–H groups in total. The molecule has 0 aromatic heterocycles. The average Bonchev–Trinajstić information content (AvgIpc) is 2.69. The van der Waals surface area contributed by atoms with E-state index in [0.29, 0.717) is 5.56 Å². The third kappa shape index (κ3) is 3.47. The van der Waals surface area contributed by atoms with Gasteiger partial charge in [-0.05, 0) is 37.1 Å². The maximum absolute atomic E-state index is 13.1. The topological polar surface area (TPSA) is 44.7 Å². The van der Waals surface area contributed by atoms with Crippen molar-refractivity contribution in [2.45, 2.75) is 20.0 Å². The van der Waals surface area contributed by atoms with Crippen molar-refractivity contribution >= 4 is 17.8 Å². The van der Waals surface area contributed by atoms with Crippen LogP contribution in [0.15, 0.2) is 77.9 Å². The molecule has 1 aliphatic heterocycles. The third-order valence-electron chi connectivity index (χ3n) is 4.70. The first-order valence-corrected chi connectivity index (χ1v) is 8.98. The van der Waals surface area contributed by atoms with E-state index in [1.54, 1.807) is 6.21 Å². The Morgan fingerprint density at radius 1 is 0.889 bits per heavy atom. The molecule has 27 heavy (non-hydrogen) atoms. The van der Waals surface area contributed by atoms with E-state index in [4.69, 9.17) is 0 Å². The largest absolute Gasteiger partial charge is 0.359 e. The minimum atomic E-state index is -0.352. The number of rotatable bonds is 3. The van der Waals surface area contributed by atoms with Gasteiger partial charge in [-0.25, -0.2) is 5.01 Å². The Kier molecular flexibility index (Phi) is 4.47. The molecule has 0 saturated heterocycles. The van der Waals surface area contributed by atoms with Gasteiger partial charge >= 0.3 is 0 Å². The number of carbonyl (C=O) groups is 1. The van der Waals surface area contributed by atoms with E-state index in [1.807, 2.05) is 86.6 Å². The Balaban J connectivity index is 1.73. The van der Waals surface area contributed by atoms with Gasteiger partial charge in [-0.1, -0.05) is 71.8 Å². The van der Waals surface area contributed by atoms with Gasteiger partial charge in [-0.3, -0.25) is 4.79 Å². The minimum absolute atomic E-state index is 0.113. The summed E-state index contributed by atoms with van der Waals surface area (Å²) in [6, 6.07) is 23.8. The number of nitrogens with zero attached hydrogens (tertiary/aromatic N) is 2. The van der Waals surface area contributed by atoms with Crippen LogP contribution in [0.25, 0.3) is 0 Å². The van der Waals surface area contributed by atoms with Crippen LogP contribution in [0.1, 0.15) is 38.8 Å². The first-order valence-electron chi connectivity index (χ1n) is 8.98. The van der Waals surface area contributed by atoms with Gasteiger partial charge in [0.25, 0.3) is 5.91 Å². The Morgan fingerprint density at radius 3 is 2.22 bits per heavy atom. The van der Waals surface area contributed by atoms with Gasteiger partial charge in [0.2, 0.25) is 0 Å². The highest BCUT2D eigenvalue weighted by Gasteiger charge is 2.32. The summed E-state index contributed by atoms with van der Waals surface area (Å²) in [5.74, 6) is -0.113. The minimum Gasteiger partial charge on any atom is -0.359 e. The fourth-order valence-electron chi connectivity index (χ4n) is 3.12. The number of carbonyl (C=O) groups excluding carboxylic acids is 1. The zero-order valence-electron chi connectivity index (χ0n) is 15.4. The first kappa shape index (κ1) is 17.0. The molecule has 1 aliphatic rings. The number of hydrogen-bond acceptors (Lipinski definition) is 3. The lowest BCUT2D eigenvalue weighted by molar-refractivity contribution is 0.0691. The highest BCUT2D eigenvalue weighted by molar-refractivity contribution is 6.02. The second kappa shape index (κ2) is 7.08. The van der Waals surface area contributed by atoms with E-state index in [0.717, 1.165) is 16.8 Å². The Hall–Kier alpha value is -3.40. The molecule has 4 heteroatoms. The lowest BCUT2D eigenvalue weighted by Gasteiger charge is -2.34. The van der Waals surface area contributed by atoms with E-state index >= 15 is 0 Å². The summed E-state index contributed by atoms with van der Waals surface area (Å²) in [7, 11) is 0. The van der Waals surface area contributed by atoms with Gasteiger partial charge in [0.05, 0.1) is 11.8 Å². The van der Waals surface area contributed by atoms with E-state index in [1.165, 1.54) is 16.1 Å². The maximum Gasteiger partial charge on any atom is 0.278 e. The Bertz CT molecular complexity index is 991. The lowest BCUT2D eigenvalue weighted by atomic mass is 10.0. The molecule has 1 atom stereocenters. The van der Waals surface area contributed by atoms with Crippen LogP contribution in [0, 0.1) is 13.8 Å². The van der Waals surface area contributed by atoms with Crippen LogP contribution in [0.3, 0.4) is 0 Å². The number of anilines is 1. The molecule has 0 fully saturated rings. The Morgan fingerprint density at radius 2 is 1.52 bits per heavy atom. The number of fused-ring (bicyclic) bond motifs is 1. The number of nitrogens with one attached hydrogen (secondary N) is 1. The summed E-state index contributed by atoms with van der Waals surface area (Å²) in [5, 5.41) is 9.51. The number of hydrogen-bond donors (Lipinski definition) is 1. The molecule has 0 unspecified atom stereocenters. The van der Waals surface area contributed by atoms with Crippen molar-refractivity contribution in [2.24, 2.45) is 5.10 Å². The maximum atomic E-state index is 13.1. The summed E-state index contributed by atoms with van der Waals surface area (Å²) in [6.45, 7) is 4.09. The van der Waals surface area contributed by atoms with Crippen molar-refractivity contribution in [3.8, 4) is 0 Å². The second-order valence-electron chi connectivity index (χ2n) is 6.81.